The number of rotatable bonds is 3. The largest absolute Gasteiger partial charge is 0.302 e. The summed E-state index contributed by atoms with van der Waals surface area (Å²) in [6, 6.07) is 9.16. The third-order valence-corrected chi connectivity index (χ3v) is 5.28. The van der Waals surface area contributed by atoms with E-state index in [-0.39, 0.29) is 24.3 Å². The van der Waals surface area contributed by atoms with Gasteiger partial charge in [-0.05, 0) is 30.4 Å². The molecule has 118 valence electrons. The standard InChI is InChI=1S/C18H24N2O2/c1-12-7-6-10-15(13(12)2)19-16-11-17(21)20(18(16)22)14-8-4-3-5-9-14/h3-5,8-9,12-13,15-16,19H,6-7,10-11H2,1-2H3/t12-,13-,15+,16+/m1/s1. The van der Waals surface area contributed by atoms with E-state index >= 15 is 0 Å². The van der Waals surface area contributed by atoms with Crippen LogP contribution in [0.4, 0.5) is 5.69 Å². The summed E-state index contributed by atoms with van der Waals surface area (Å²) in [5.74, 6) is 0.998. The number of imide groups is 1. The summed E-state index contributed by atoms with van der Waals surface area (Å²) < 4.78 is 0. The Bertz CT molecular complexity index is 557. The molecule has 1 aliphatic heterocycles. The van der Waals surface area contributed by atoms with E-state index in [1.807, 2.05) is 30.3 Å². The Morgan fingerprint density at radius 2 is 1.82 bits per heavy atom. The van der Waals surface area contributed by atoms with Crippen LogP contribution in [0.1, 0.15) is 39.5 Å². The molecule has 1 N–H and O–H groups in total. The lowest BCUT2D eigenvalue weighted by molar-refractivity contribution is -0.121. The topological polar surface area (TPSA) is 49.4 Å². The lowest BCUT2D eigenvalue weighted by Gasteiger charge is -2.36. The number of carbonyl (C=O) groups is 2. The number of hydrogen-bond donors (Lipinski definition) is 1. The summed E-state index contributed by atoms with van der Waals surface area (Å²) in [5.41, 5.74) is 0.673. The molecule has 22 heavy (non-hydrogen) atoms. The van der Waals surface area contributed by atoms with Crippen LogP contribution in [0.2, 0.25) is 0 Å². The zero-order chi connectivity index (χ0) is 15.7. The molecule has 4 atom stereocenters. The maximum absolute atomic E-state index is 12.6. The van der Waals surface area contributed by atoms with Gasteiger partial charge < -0.3 is 5.32 Å². The van der Waals surface area contributed by atoms with Gasteiger partial charge in [0.25, 0.3) is 5.91 Å². The van der Waals surface area contributed by atoms with Crippen molar-refractivity contribution in [3.8, 4) is 0 Å². The second-order valence-corrected chi connectivity index (χ2v) is 6.70. The van der Waals surface area contributed by atoms with Crippen LogP contribution in [0, 0.1) is 11.8 Å². The quantitative estimate of drug-likeness (QED) is 0.873. The Labute approximate surface area is 131 Å². The summed E-state index contributed by atoms with van der Waals surface area (Å²) in [5, 5.41) is 3.47. The van der Waals surface area contributed by atoms with Crippen molar-refractivity contribution in [1.82, 2.24) is 5.32 Å². The first-order valence-electron chi connectivity index (χ1n) is 8.26. The number of anilines is 1. The fraction of sp³-hybridized carbons (Fsp3) is 0.556. The van der Waals surface area contributed by atoms with Crippen LogP contribution in [-0.4, -0.2) is 23.9 Å². The predicted molar refractivity (Wildman–Crippen MR) is 86.4 cm³/mol. The number of amides is 2. The monoisotopic (exact) mass is 300 g/mol. The van der Waals surface area contributed by atoms with Gasteiger partial charge in [0.2, 0.25) is 5.91 Å². The SMILES string of the molecule is C[C@@H]1[C@H](C)CCC[C@@H]1N[C@H]1CC(=O)N(c2ccccc2)C1=O. The summed E-state index contributed by atoms with van der Waals surface area (Å²) in [7, 11) is 0. The first-order chi connectivity index (χ1) is 10.6. The van der Waals surface area contributed by atoms with Crippen molar-refractivity contribution >= 4 is 17.5 Å². The summed E-state index contributed by atoms with van der Waals surface area (Å²) >= 11 is 0. The molecule has 1 saturated carbocycles. The van der Waals surface area contributed by atoms with Gasteiger partial charge >= 0.3 is 0 Å². The molecule has 1 aromatic carbocycles. The number of hydrogen-bond acceptors (Lipinski definition) is 3. The maximum Gasteiger partial charge on any atom is 0.251 e. The lowest BCUT2D eigenvalue weighted by atomic mass is 9.78. The molecule has 4 heteroatoms. The molecule has 0 spiro atoms. The molecule has 0 bridgehead atoms. The van der Waals surface area contributed by atoms with Gasteiger partial charge in [-0.1, -0.05) is 44.9 Å². The van der Waals surface area contributed by atoms with Crippen LogP contribution in [0.5, 0.6) is 0 Å². The second kappa shape index (κ2) is 6.21. The predicted octanol–water partition coefficient (Wildman–Crippen LogP) is 2.73. The third kappa shape index (κ3) is 2.80. The molecule has 0 aromatic heterocycles. The zero-order valence-electron chi connectivity index (χ0n) is 13.3. The van der Waals surface area contributed by atoms with Crippen molar-refractivity contribution in [2.75, 3.05) is 4.90 Å². The van der Waals surface area contributed by atoms with E-state index in [0.717, 1.165) is 6.42 Å². The number of carbonyl (C=O) groups excluding carboxylic acids is 2. The van der Waals surface area contributed by atoms with Crippen molar-refractivity contribution in [1.29, 1.82) is 0 Å². The lowest BCUT2D eigenvalue weighted by Crippen LogP contribution is -2.48. The van der Waals surface area contributed by atoms with Crippen molar-refractivity contribution < 1.29 is 9.59 Å². The minimum Gasteiger partial charge on any atom is -0.302 e. The molecule has 2 fully saturated rings. The van der Waals surface area contributed by atoms with Gasteiger partial charge in [-0.25, -0.2) is 4.90 Å². The first kappa shape index (κ1) is 15.2. The van der Waals surface area contributed by atoms with Gasteiger partial charge in [-0.2, -0.15) is 0 Å². The van der Waals surface area contributed by atoms with Crippen LogP contribution in [0.25, 0.3) is 0 Å². The molecule has 0 radical (unpaired) electrons. The molecule has 1 saturated heterocycles. The summed E-state index contributed by atoms with van der Waals surface area (Å²) in [4.78, 5) is 26.2. The van der Waals surface area contributed by atoms with Gasteiger partial charge in [-0.3, -0.25) is 9.59 Å². The molecule has 1 aliphatic carbocycles. The fourth-order valence-corrected chi connectivity index (χ4v) is 3.69. The Morgan fingerprint density at radius 1 is 1.09 bits per heavy atom. The van der Waals surface area contributed by atoms with Crippen molar-refractivity contribution in [3.63, 3.8) is 0 Å². The molecule has 2 aliphatic rings. The summed E-state index contributed by atoms with van der Waals surface area (Å²) in [6.45, 7) is 4.52. The minimum absolute atomic E-state index is 0.106. The molecule has 2 amide bonds. The number of nitrogens with zero attached hydrogens (tertiary/aromatic N) is 1. The van der Waals surface area contributed by atoms with Gasteiger partial charge in [0.1, 0.15) is 0 Å². The highest BCUT2D eigenvalue weighted by atomic mass is 16.2. The molecular weight excluding hydrogens is 276 g/mol. The highest BCUT2D eigenvalue weighted by molar-refractivity contribution is 6.22. The number of benzene rings is 1. The average molecular weight is 300 g/mol. The second-order valence-electron chi connectivity index (χ2n) is 6.70. The van der Waals surface area contributed by atoms with E-state index in [4.69, 9.17) is 0 Å². The average Bonchev–Trinajstić information content (AvgIpc) is 2.79. The highest BCUT2D eigenvalue weighted by Crippen LogP contribution is 2.31. The molecule has 1 aromatic rings. The Hall–Kier alpha value is -1.68. The van der Waals surface area contributed by atoms with Crippen LogP contribution >= 0.6 is 0 Å². The van der Waals surface area contributed by atoms with Crippen molar-refractivity contribution in [2.45, 2.75) is 51.6 Å². The van der Waals surface area contributed by atoms with Gasteiger partial charge in [-0.15, -0.1) is 0 Å². The van der Waals surface area contributed by atoms with Gasteiger partial charge in [0.05, 0.1) is 18.2 Å². The zero-order valence-corrected chi connectivity index (χ0v) is 13.3. The van der Waals surface area contributed by atoms with Crippen LogP contribution in [0.3, 0.4) is 0 Å². The van der Waals surface area contributed by atoms with Gasteiger partial charge in [0.15, 0.2) is 0 Å². The molecule has 3 rings (SSSR count). The fourth-order valence-electron chi connectivity index (χ4n) is 3.69. The highest BCUT2D eigenvalue weighted by Gasteiger charge is 2.41. The third-order valence-electron chi connectivity index (χ3n) is 5.28. The molecule has 1 heterocycles. The van der Waals surface area contributed by atoms with E-state index < -0.39 is 0 Å². The minimum atomic E-state index is -0.370. The Morgan fingerprint density at radius 3 is 2.55 bits per heavy atom. The maximum atomic E-state index is 12.6. The van der Waals surface area contributed by atoms with E-state index in [0.29, 0.717) is 23.6 Å². The van der Waals surface area contributed by atoms with Crippen molar-refractivity contribution in [3.05, 3.63) is 30.3 Å². The summed E-state index contributed by atoms with van der Waals surface area (Å²) in [6.07, 6.45) is 3.81. The van der Waals surface area contributed by atoms with E-state index in [1.54, 1.807) is 0 Å². The van der Waals surface area contributed by atoms with Crippen molar-refractivity contribution in [2.24, 2.45) is 11.8 Å². The molecular formula is C18H24N2O2. The Kier molecular flexibility index (Phi) is 4.30. The molecule has 0 unspecified atom stereocenters. The first-order valence-corrected chi connectivity index (χ1v) is 8.26. The van der Waals surface area contributed by atoms with Gasteiger partial charge in [0, 0.05) is 6.04 Å². The number of nitrogens with one attached hydrogen (secondary N) is 1. The smallest absolute Gasteiger partial charge is 0.251 e. The van der Waals surface area contributed by atoms with Crippen LogP contribution in [-0.2, 0) is 9.59 Å². The Balaban J connectivity index is 1.72. The normalized spacial score (nSPS) is 32.5. The van der Waals surface area contributed by atoms with E-state index in [1.165, 1.54) is 17.7 Å². The van der Waals surface area contributed by atoms with Crippen LogP contribution < -0.4 is 10.2 Å². The van der Waals surface area contributed by atoms with Crippen LogP contribution in [0.15, 0.2) is 30.3 Å². The molecule has 4 nitrogen and oxygen atoms in total. The van der Waals surface area contributed by atoms with E-state index in [9.17, 15) is 9.59 Å². The number of para-hydroxylation sites is 1. The van der Waals surface area contributed by atoms with E-state index in [2.05, 4.69) is 19.2 Å².